The van der Waals surface area contributed by atoms with Crippen LogP contribution in [0.15, 0.2) is 97.6 Å². The summed E-state index contributed by atoms with van der Waals surface area (Å²) in [6, 6.07) is 24.3. The van der Waals surface area contributed by atoms with Gasteiger partial charge in [0.05, 0.1) is 22.1 Å². The van der Waals surface area contributed by atoms with Gasteiger partial charge in [-0.25, -0.2) is 0 Å². The van der Waals surface area contributed by atoms with Crippen molar-refractivity contribution in [3.05, 3.63) is 97.6 Å². The van der Waals surface area contributed by atoms with Crippen LogP contribution in [0.5, 0.6) is 0 Å². The Morgan fingerprint density at radius 1 is 0.345 bits per heavy atom. The first-order chi connectivity index (χ1) is 13.9. The molecule has 0 saturated heterocycles. The minimum atomic E-state index is 0. The second kappa shape index (κ2) is 8.31. The van der Waals surface area contributed by atoms with Gasteiger partial charge in [-0.2, -0.15) is 0 Å². The summed E-state index contributed by atoms with van der Waals surface area (Å²) < 4.78 is 0. The van der Waals surface area contributed by atoms with Gasteiger partial charge in [-0.1, -0.05) is 48.5 Å². The van der Waals surface area contributed by atoms with E-state index in [2.05, 4.69) is 68.5 Å². The van der Waals surface area contributed by atoms with Crippen LogP contribution in [0.1, 0.15) is 0 Å². The maximum Gasteiger partial charge on any atom is 1.00 e. The van der Waals surface area contributed by atoms with Crippen molar-refractivity contribution in [1.82, 2.24) is 19.9 Å². The molecule has 5 heteroatoms. The number of benzene rings is 2. The van der Waals surface area contributed by atoms with Crippen molar-refractivity contribution < 1.29 is 17.1 Å². The molecular formula is C24H16CuN4+. The Morgan fingerprint density at radius 3 is 0.828 bits per heavy atom. The zero-order chi connectivity index (χ0) is 18.8. The summed E-state index contributed by atoms with van der Waals surface area (Å²) in [5.74, 6) is 0. The van der Waals surface area contributed by atoms with Crippen LogP contribution in [0.3, 0.4) is 0 Å². The fraction of sp³-hybridized carbons (Fsp3) is 0. The first kappa shape index (κ1) is 18.9. The number of pyridine rings is 4. The Balaban J connectivity index is 0.000000137. The molecule has 6 rings (SSSR count). The van der Waals surface area contributed by atoms with Crippen molar-refractivity contribution in [2.24, 2.45) is 0 Å². The van der Waals surface area contributed by atoms with Gasteiger partial charge >= 0.3 is 17.1 Å². The molecule has 4 heterocycles. The maximum atomic E-state index is 4.35. The van der Waals surface area contributed by atoms with E-state index in [9.17, 15) is 0 Å². The van der Waals surface area contributed by atoms with Crippen molar-refractivity contribution in [2.45, 2.75) is 0 Å². The molecule has 0 bridgehead atoms. The summed E-state index contributed by atoms with van der Waals surface area (Å²) in [5, 5.41) is 4.55. The molecule has 0 aliphatic rings. The summed E-state index contributed by atoms with van der Waals surface area (Å²) in [4.78, 5) is 17.4. The van der Waals surface area contributed by atoms with E-state index in [1.54, 1.807) is 24.8 Å². The SMILES string of the molecule is [Cu+].c1cnc2c(c1)ccc1cccnc12.c1cnc2c(c1)ccc1cccnc12. The number of rotatable bonds is 0. The molecule has 0 aliphatic heterocycles. The largest absolute Gasteiger partial charge is 1.00 e. The number of hydrogen-bond acceptors (Lipinski definition) is 4. The van der Waals surface area contributed by atoms with Gasteiger partial charge in [0.1, 0.15) is 0 Å². The molecular weight excluding hydrogens is 408 g/mol. The number of aromatic nitrogens is 4. The van der Waals surface area contributed by atoms with Crippen LogP contribution in [-0.4, -0.2) is 19.9 Å². The van der Waals surface area contributed by atoms with Crippen LogP contribution >= 0.6 is 0 Å². The molecule has 29 heavy (non-hydrogen) atoms. The van der Waals surface area contributed by atoms with E-state index in [0.717, 1.165) is 43.6 Å². The van der Waals surface area contributed by atoms with Crippen molar-refractivity contribution in [2.75, 3.05) is 0 Å². The Bertz CT molecular complexity index is 1210. The second-order valence-corrected chi connectivity index (χ2v) is 6.43. The van der Waals surface area contributed by atoms with E-state index in [0.29, 0.717) is 0 Å². The normalized spacial score (nSPS) is 10.5. The molecule has 0 fully saturated rings. The van der Waals surface area contributed by atoms with Crippen LogP contribution in [0.2, 0.25) is 0 Å². The molecule has 4 aromatic heterocycles. The molecule has 0 N–H and O–H groups in total. The van der Waals surface area contributed by atoms with E-state index in [-0.39, 0.29) is 17.1 Å². The van der Waals surface area contributed by atoms with Gasteiger partial charge in [-0.05, 0) is 24.3 Å². The molecule has 0 unspecified atom stereocenters. The third-order valence-corrected chi connectivity index (χ3v) is 4.69. The molecule has 0 radical (unpaired) electrons. The number of hydrogen-bond donors (Lipinski definition) is 0. The van der Waals surface area contributed by atoms with Gasteiger partial charge in [0.15, 0.2) is 0 Å². The predicted molar refractivity (Wildman–Crippen MR) is 114 cm³/mol. The van der Waals surface area contributed by atoms with Gasteiger partial charge in [0, 0.05) is 46.3 Å². The van der Waals surface area contributed by atoms with Gasteiger partial charge in [0.25, 0.3) is 0 Å². The van der Waals surface area contributed by atoms with E-state index in [1.165, 1.54) is 0 Å². The third-order valence-electron chi connectivity index (χ3n) is 4.69. The zero-order valence-electron chi connectivity index (χ0n) is 15.3. The third kappa shape index (κ3) is 3.66. The van der Waals surface area contributed by atoms with Crippen LogP contribution in [0.4, 0.5) is 0 Å². The standard InChI is InChI=1S/2C12H8N2.Cu/c2*1-3-9-5-6-10-4-2-8-14-12(10)11(9)13-7-1;/h2*1-8H;/q;;+1. The smallest absolute Gasteiger partial charge is 0.254 e. The molecule has 0 aliphatic carbocycles. The summed E-state index contributed by atoms with van der Waals surface area (Å²) >= 11 is 0. The number of fused-ring (bicyclic) bond motifs is 6. The van der Waals surface area contributed by atoms with Crippen molar-refractivity contribution in [3.63, 3.8) is 0 Å². The van der Waals surface area contributed by atoms with Gasteiger partial charge in [0.2, 0.25) is 0 Å². The number of nitrogens with zero attached hydrogens (tertiary/aromatic N) is 4. The monoisotopic (exact) mass is 423 g/mol. The van der Waals surface area contributed by atoms with Gasteiger partial charge in [-0.15, -0.1) is 0 Å². The molecule has 0 atom stereocenters. The molecule has 0 saturated carbocycles. The van der Waals surface area contributed by atoms with Crippen molar-refractivity contribution in [1.29, 1.82) is 0 Å². The summed E-state index contributed by atoms with van der Waals surface area (Å²) in [7, 11) is 0. The summed E-state index contributed by atoms with van der Waals surface area (Å²) in [6.45, 7) is 0. The van der Waals surface area contributed by atoms with Gasteiger partial charge in [-0.3, -0.25) is 19.9 Å². The Hall–Kier alpha value is -3.40. The average Bonchev–Trinajstić information content (AvgIpc) is 2.79. The first-order valence-corrected chi connectivity index (χ1v) is 9.07. The Labute approximate surface area is 178 Å². The van der Waals surface area contributed by atoms with E-state index in [4.69, 9.17) is 0 Å². The minimum absolute atomic E-state index is 0. The topological polar surface area (TPSA) is 51.6 Å². The molecule has 4 nitrogen and oxygen atoms in total. The molecule has 0 spiro atoms. The first-order valence-electron chi connectivity index (χ1n) is 9.07. The maximum absolute atomic E-state index is 4.35. The zero-order valence-corrected chi connectivity index (χ0v) is 16.3. The van der Waals surface area contributed by atoms with Gasteiger partial charge < -0.3 is 0 Å². The molecule has 6 aromatic rings. The van der Waals surface area contributed by atoms with E-state index >= 15 is 0 Å². The van der Waals surface area contributed by atoms with Crippen LogP contribution in [0.25, 0.3) is 43.6 Å². The predicted octanol–water partition coefficient (Wildman–Crippen LogP) is 5.56. The Morgan fingerprint density at radius 2 is 0.586 bits per heavy atom. The van der Waals surface area contributed by atoms with E-state index < -0.39 is 0 Å². The average molecular weight is 424 g/mol. The quantitative estimate of drug-likeness (QED) is 0.237. The van der Waals surface area contributed by atoms with Crippen molar-refractivity contribution in [3.8, 4) is 0 Å². The molecule has 0 amide bonds. The van der Waals surface area contributed by atoms with Crippen LogP contribution in [-0.2, 0) is 17.1 Å². The van der Waals surface area contributed by atoms with E-state index in [1.807, 2.05) is 24.3 Å². The fourth-order valence-corrected chi connectivity index (χ4v) is 3.36. The van der Waals surface area contributed by atoms with Crippen LogP contribution < -0.4 is 0 Å². The molecule has 142 valence electrons. The molecule has 2 aromatic carbocycles. The van der Waals surface area contributed by atoms with Crippen molar-refractivity contribution >= 4 is 43.6 Å². The minimum Gasteiger partial charge on any atom is -0.254 e. The second-order valence-electron chi connectivity index (χ2n) is 6.43. The summed E-state index contributed by atoms with van der Waals surface area (Å²) in [6.07, 6.45) is 7.21. The fourth-order valence-electron chi connectivity index (χ4n) is 3.36. The Kier molecular flexibility index (Phi) is 5.43. The summed E-state index contributed by atoms with van der Waals surface area (Å²) in [5.41, 5.74) is 3.91. The van der Waals surface area contributed by atoms with Crippen LogP contribution in [0, 0.1) is 0 Å².